The van der Waals surface area contributed by atoms with Gasteiger partial charge in [-0.15, -0.1) is 0 Å². The predicted molar refractivity (Wildman–Crippen MR) is 128 cm³/mol. The number of ether oxygens (including phenoxy) is 1. The van der Waals surface area contributed by atoms with Crippen molar-refractivity contribution in [3.8, 4) is 0 Å². The lowest BCUT2D eigenvalue weighted by molar-refractivity contribution is -0.141. The molecule has 0 atom stereocenters. The minimum atomic E-state index is -0.302. The summed E-state index contributed by atoms with van der Waals surface area (Å²) < 4.78 is 4.94. The predicted octanol–water partition coefficient (Wildman–Crippen LogP) is 5.27. The molecule has 0 unspecified atom stereocenters. The van der Waals surface area contributed by atoms with E-state index in [2.05, 4.69) is 10.6 Å². The molecule has 2 aromatic rings. The van der Waals surface area contributed by atoms with Gasteiger partial charge in [-0.05, 0) is 42.8 Å². The number of Topliss-reactive ketones (excluding diaryl/α,β-unsaturated/α-hetero) is 1. The Morgan fingerprint density at radius 2 is 1.52 bits per heavy atom. The third kappa shape index (κ3) is 6.66. The highest BCUT2D eigenvalue weighted by Crippen LogP contribution is 2.32. The first-order valence-corrected chi connectivity index (χ1v) is 11.1. The second-order valence-corrected chi connectivity index (χ2v) is 8.19. The molecule has 0 saturated carbocycles. The number of anilines is 2. The molecule has 0 aromatic heterocycles. The van der Waals surface area contributed by atoms with Crippen molar-refractivity contribution in [2.45, 2.75) is 32.6 Å². The molecule has 0 fully saturated rings. The summed E-state index contributed by atoms with van der Waals surface area (Å²) in [6.45, 7) is 2.11. The molecule has 2 heterocycles. The molecule has 0 spiro atoms. The summed E-state index contributed by atoms with van der Waals surface area (Å²) in [7, 11) is 0. The Morgan fingerprint density at radius 3 is 2.18 bits per heavy atom. The Morgan fingerprint density at radius 1 is 0.909 bits per heavy atom. The van der Waals surface area contributed by atoms with Crippen molar-refractivity contribution < 1.29 is 23.9 Å². The van der Waals surface area contributed by atoms with Gasteiger partial charge in [-0.1, -0.05) is 35.3 Å². The Kier molecular flexibility index (Phi) is 8.25. The van der Waals surface area contributed by atoms with E-state index in [1.807, 2.05) is 0 Å². The first-order valence-electron chi connectivity index (χ1n) is 10.3. The van der Waals surface area contributed by atoms with Crippen molar-refractivity contribution in [1.29, 1.82) is 0 Å². The van der Waals surface area contributed by atoms with Crippen molar-refractivity contribution >= 4 is 63.7 Å². The van der Waals surface area contributed by atoms with Crippen LogP contribution < -0.4 is 10.6 Å². The average molecular weight is 489 g/mol. The van der Waals surface area contributed by atoms with E-state index < -0.39 is 0 Å². The average Bonchev–Trinajstić information content (AvgIpc) is 2.99. The smallest absolute Gasteiger partial charge is 0.310 e. The van der Waals surface area contributed by atoms with Gasteiger partial charge in [-0.25, -0.2) is 0 Å². The number of rotatable bonds is 3. The minimum absolute atomic E-state index is 0.0185. The zero-order chi connectivity index (χ0) is 24.0. The van der Waals surface area contributed by atoms with Crippen molar-refractivity contribution in [3.63, 3.8) is 0 Å². The number of halogens is 2. The molecule has 0 saturated heterocycles. The first-order chi connectivity index (χ1) is 15.8. The Bertz CT molecular complexity index is 1140. The Hall–Kier alpha value is -3.16. The maximum absolute atomic E-state index is 11.6. The monoisotopic (exact) mass is 488 g/mol. The van der Waals surface area contributed by atoms with Crippen LogP contribution in [0, 0.1) is 0 Å². The van der Waals surface area contributed by atoms with E-state index >= 15 is 0 Å². The molecule has 0 bridgehead atoms. The normalized spacial score (nSPS) is 14.8. The lowest BCUT2D eigenvalue weighted by Gasteiger charge is -2.11. The van der Waals surface area contributed by atoms with Crippen molar-refractivity contribution in [1.82, 2.24) is 0 Å². The SMILES string of the molecule is CCOC(=O)CC1=CCC(=O)Nc2cc(Cl)ccc21.O=C1CCC(=O)c2ccc(Cl)cc2N1. The zero-order valence-corrected chi connectivity index (χ0v) is 19.4. The number of hydrogen-bond acceptors (Lipinski definition) is 5. The highest BCUT2D eigenvalue weighted by Gasteiger charge is 2.19. The standard InChI is InChI=1S/C14H14ClNO3.C10H8ClNO2/c1-2-19-14(18)7-9-3-6-13(17)16-12-8-10(15)4-5-11(9)12;11-6-1-2-7-8(5-6)12-10(14)4-3-9(7)13/h3-5,8H,2,6-7H2,1H3,(H,16,17);1-2,5H,3-4H2,(H,12,14). The van der Waals surface area contributed by atoms with Gasteiger partial charge in [0, 0.05) is 46.1 Å². The maximum atomic E-state index is 11.6. The van der Waals surface area contributed by atoms with Crippen LogP contribution in [0.1, 0.15) is 48.5 Å². The van der Waals surface area contributed by atoms with Crippen LogP contribution in [-0.2, 0) is 19.1 Å². The van der Waals surface area contributed by atoms with Crippen LogP contribution in [0.5, 0.6) is 0 Å². The van der Waals surface area contributed by atoms with Crippen LogP contribution >= 0.6 is 23.2 Å². The molecular weight excluding hydrogens is 467 g/mol. The maximum Gasteiger partial charge on any atom is 0.310 e. The van der Waals surface area contributed by atoms with Gasteiger partial charge < -0.3 is 15.4 Å². The molecule has 2 aliphatic rings. The van der Waals surface area contributed by atoms with E-state index in [-0.39, 0.29) is 49.3 Å². The minimum Gasteiger partial charge on any atom is -0.466 e. The number of carbonyl (C=O) groups is 4. The fraction of sp³-hybridized carbons (Fsp3) is 0.250. The highest BCUT2D eigenvalue weighted by atomic mass is 35.5. The van der Waals surface area contributed by atoms with E-state index in [0.717, 1.165) is 11.1 Å². The molecule has 2 N–H and O–H groups in total. The van der Waals surface area contributed by atoms with Crippen LogP contribution in [-0.4, -0.2) is 30.2 Å². The van der Waals surface area contributed by atoms with Crippen LogP contribution in [0.15, 0.2) is 42.5 Å². The van der Waals surface area contributed by atoms with Gasteiger partial charge in [0.2, 0.25) is 11.8 Å². The molecule has 2 amide bonds. The molecule has 4 rings (SSSR count). The van der Waals surface area contributed by atoms with Gasteiger partial charge in [0.05, 0.1) is 18.7 Å². The van der Waals surface area contributed by atoms with Crippen LogP contribution in [0.4, 0.5) is 11.4 Å². The zero-order valence-electron chi connectivity index (χ0n) is 17.9. The van der Waals surface area contributed by atoms with E-state index in [0.29, 0.717) is 33.6 Å². The quantitative estimate of drug-likeness (QED) is 0.572. The fourth-order valence-corrected chi connectivity index (χ4v) is 3.74. The van der Waals surface area contributed by atoms with Gasteiger partial charge in [0.25, 0.3) is 0 Å². The van der Waals surface area contributed by atoms with Crippen LogP contribution in [0.2, 0.25) is 10.0 Å². The van der Waals surface area contributed by atoms with Crippen LogP contribution in [0.3, 0.4) is 0 Å². The number of benzene rings is 2. The summed E-state index contributed by atoms with van der Waals surface area (Å²) in [5.41, 5.74) is 3.28. The number of fused-ring (bicyclic) bond motifs is 2. The van der Waals surface area contributed by atoms with E-state index in [1.165, 1.54) is 0 Å². The van der Waals surface area contributed by atoms with Gasteiger partial charge in [-0.3, -0.25) is 19.2 Å². The largest absolute Gasteiger partial charge is 0.466 e. The molecular formula is C24H22Cl2N2O5. The third-order valence-corrected chi connectivity index (χ3v) is 5.38. The summed E-state index contributed by atoms with van der Waals surface area (Å²) in [6.07, 6.45) is 2.65. The highest BCUT2D eigenvalue weighted by molar-refractivity contribution is 6.31. The number of nitrogens with one attached hydrogen (secondary N) is 2. The topological polar surface area (TPSA) is 102 Å². The van der Waals surface area contributed by atoms with Crippen molar-refractivity contribution in [3.05, 3.63) is 63.6 Å². The number of ketones is 1. The summed E-state index contributed by atoms with van der Waals surface area (Å²) in [6, 6.07) is 10.1. The number of amides is 2. The molecule has 0 aliphatic carbocycles. The van der Waals surface area contributed by atoms with Gasteiger partial charge >= 0.3 is 5.97 Å². The van der Waals surface area contributed by atoms with Crippen molar-refractivity contribution in [2.75, 3.05) is 17.2 Å². The summed E-state index contributed by atoms with van der Waals surface area (Å²) in [5, 5.41) is 6.47. The van der Waals surface area contributed by atoms with Crippen LogP contribution in [0.25, 0.3) is 5.57 Å². The van der Waals surface area contributed by atoms with Crippen molar-refractivity contribution in [2.24, 2.45) is 0 Å². The molecule has 2 aromatic carbocycles. The summed E-state index contributed by atoms with van der Waals surface area (Å²) in [5.74, 6) is -0.583. The van der Waals surface area contributed by atoms with E-state index in [4.69, 9.17) is 27.9 Å². The summed E-state index contributed by atoms with van der Waals surface area (Å²) in [4.78, 5) is 45.9. The Labute approximate surface area is 201 Å². The molecule has 9 heteroatoms. The third-order valence-electron chi connectivity index (χ3n) is 4.91. The van der Waals surface area contributed by atoms with E-state index in [1.54, 1.807) is 49.4 Å². The second kappa shape index (κ2) is 11.1. The van der Waals surface area contributed by atoms with Gasteiger partial charge in [0.1, 0.15) is 0 Å². The summed E-state index contributed by atoms with van der Waals surface area (Å²) >= 11 is 11.7. The van der Waals surface area contributed by atoms with Gasteiger partial charge in [-0.2, -0.15) is 0 Å². The molecule has 33 heavy (non-hydrogen) atoms. The number of carbonyl (C=O) groups excluding carboxylic acids is 4. The molecule has 0 radical (unpaired) electrons. The fourth-order valence-electron chi connectivity index (χ4n) is 3.40. The van der Waals surface area contributed by atoms with Gasteiger partial charge in [0.15, 0.2) is 5.78 Å². The first kappa shape index (κ1) is 24.5. The lowest BCUT2D eigenvalue weighted by Crippen LogP contribution is -2.09. The second-order valence-electron chi connectivity index (χ2n) is 7.31. The Balaban J connectivity index is 0.000000194. The lowest BCUT2D eigenvalue weighted by atomic mass is 10.0. The molecule has 172 valence electrons. The van der Waals surface area contributed by atoms with E-state index in [9.17, 15) is 19.2 Å². The number of hydrogen-bond donors (Lipinski definition) is 2. The molecule has 7 nitrogen and oxygen atoms in total. The number of esters is 1. The molecule has 2 aliphatic heterocycles.